The molecule has 0 bridgehead atoms. The maximum atomic E-state index is 9.09. The number of hydrogen-bond acceptors (Lipinski definition) is 3. The Bertz CT molecular complexity index is 186. The van der Waals surface area contributed by atoms with Gasteiger partial charge >= 0.3 is 0 Å². The van der Waals surface area contributed by atoms with E-state index in [1.165, 1.54) is 38.5 Å². The van der Waals surface area contributed by atoms with Gasteiger partial charge in [0.1, 0.15) is 0 Å². The molecule has 0 aliphatic heterocycles. The first kappa shape index (κ1) is 11.4. The molecule has 3 heteroatoms. The molecule has 0 spiro atoms. The van der Waals surface area contributed by atoms with E-state index in [0.717, 1.165) is 24.7 Å². The summed E-state index contributed by atoms with van der Waals surface area (Å²) in [7, 11) is 2.07. The van der Waals surface area contributed by atoms with Crippen LogP contribution in [0.15, 0.2) is 0 Å². The van der Waals surface area contributed by atoms with Crippen LogP contribution in [-0.4, -0.2) is 48.3 Å². The Morgan fingerprint density at radius 3 is 2.00 bits per heavy atom. The molecular weight excluding hydrogens is 188 g/mol. The number of hydrogen-bond donors (Lipinski definition) is 2. The largest absolute Gasteiger partial charge is 0.395 e. The topological polar surface area (TPSA) is 35.5 Å². The van der Waals surface area contributed by atoms with Crippen molar-refractivity contribution in [3.8, 4) is 0 Å². The third-order valence-corrected chi connectivity index (χ3v) is 3.95. The zero-order valence-corrected chi connectivity index (χ0v) is 9.78. The highest BCUT2D eigenvalue weighted by molar-refractivity contribution is 4.91. The molecule has 0 heterocycles. The second-order valence-corrected chi connectivity index (χ2v) is 4.99. The van der Waals surface area contributed by atoms with Crippen LogP contribution < -0.4 is 5.32 Å². The molecule has 0 saturated heterocycles. The molecule has 3 nitrogen and oxygen atoms in total. The summed E-state index contributed by atoms with van der Waals surface area (Å²) in [6.07, 6.45) is 7.92. The van der Waals surface area contributed by atoms with Gasteiger partial charge in [0.2, 0.25) is 0 Å². The predicted molar refractivity (Wildman–Crippen MR) is 61.9 cm³/mol. The first-order chi connectivity index (χ1) is 7.35. The number of aliphatic hydroxyl groups excluding tert-OH is 1. The highest BCUT2D eigenvalue weighted by Gasteiger charge is 2.34. The van der Waals surface area contributed by atoms with Crippen LogP contribution in [0.2, 0.25) is 0 Å². The molecule has 2 N–H and O–H groups in total. The smallest absolute Gasteiger partial charge is 0.0558 e. The fraction of sp³-hybridized carbons (Fsp3) is 1.00. The van der Waals surface area contributed by atoms with Crippen molar-refractivity contribution in [3.05, 3.63) is 0 Å². The van der Waals surface area contributed by atoms with E-state index in [9.17, 15) is 0 Å². The fourth-order valence-corrected chi connectivity index (χ4v) is 2.88. The lowest BCUT2D eigenvalue weighted by Gasteiger charge is -2.36. The van der Waals surface area contributed by atoms with Gasteiger partial charge in [-0.15, -0.1) is 0 Å². The average molecular weight is 212 g/mol. The second kappa shape index (κ2) is 5.28. The van der Waals surface area contributed by atoms with Crippen LogP contribution >= 0.6 is 0 Å². The van der Waals surface area contributed by atoms with E-state index < -0.39 is 0 Å². The maximum Gasteiger partial charge on any atom is 0.0558 e. The summed E-state index contributed by atoms with van der Waals surface area (Å²) in [6.45, 7) is 1.21. The van der Waals surface area contributed by atoms with Crippen LogP contribution in [0.1, 0.15) is 38.5 Å². The average Bonchev–Trinajstić information content (AvgIpc) is 3.10. The van der Waals surface area contributed by atoms with Crippen LogP contribution in [0, 0.1) is 0 Å². The van der Waals surface area contributed by atoms with Gasteiger partial charge < -0.3 is 10.4 Å². The third kappa shape index (κ3) is 2.92. The molecule has 15 heavy (non-hydrogen) atoms. The first-order valence-electron chi connectivity index (χ1n) is 6.39. The van der Waals surface area contributed by atoms with Crippen LogP contribution in [0.25, 0.3) is 0 Å². The summed E-state index contributed by atoms with van der Waals surface area (Å²) in [5.74, 6) is 0. The van der Waals surface area contributed by atoms with Gasteiger partial charge in [-0.2, -0.15) is 0 Å². The quantitative estimate of drug-likeness (QED) is 0.713. The predicted octanol–water partition coefficient (Wildman–Crippen LogP) is 0.974. The molecule has 0 amide bonds. The van der Waals surface area contributed by atoms with Crippen molar-refractivity contribution in [1.29, 1.82) is 0 Å². The number of nitrogens with one attached hydrogen (secondary N) is 1. The van der Waals surface area contributed by atoms with Gasteiger partial charge in [-0.3, -0.25) is 4.90 Å². The van der Waals surface area contributed by atoms with Crippen LogP contribution in [0.3, 0.4) is 0 Å². The highest BCUT2D eigenvalue weighted by Crippen LogP contribution is 2.33. The van der Waals surface area contributed by atoms with Crippen LogP contribution in [0.5, 0.6) is 0 Å². The van der Waals surface area contributed by atoms with Gasteiger partial charge in [0.25, 0.3) is 0 Å². The minimum absolute atomic E-state index is 0.322. The highest BCUT2D eigenvalue weighted by atomic mass is 16.3. The van der Waals surface area contributed by atoms with E-state index in [1.807, 2.05) is 0 Å². The van der Waals surface area contributed by atoms with E-state index in [-0.39, 0.29) is 0 Å². The molecule has 2 rings (SSSR count). The molecule has 0 aromatic carbocycles. The van der Waals surface area contributed by atoms with Crippen molar-refractivity contribution >= 4 is 0 Å². The monoisotopic (exact) mass is 212 g/mol. The van der Waals surface area contributed by atoms with E-state index in [4.69, 9.17) is 5.11 Å². The lowest BCUT2D eigenvalue weighted by Crippen LogP contribution is -2.44. The Labute approximate surface area is 92.8 Å². The van der Waals surface area contributed by atoms with Gasteiger partial charge in [-0.1, -0.05) is 0 Å². The second-order valence-electron chi connectivity index (χ2n) is 4.99. The molecule has 0 atom stereocenters. The molecule has 0 aromatic heterocycles. The fourth-order valence-electron chi connectivity index (χ4n) is 2.88. The van der Waals surface area contributed by atoms with E-state index in [0.29, 0.717) is 6.61 Å². The van der Waals surface area contributed by atoms with Crippen molar-refractivity contribution in [2.45, 2.75) is 56.7 Å². The summed E-state index contributed by atoms with van der Waals surface area (Å²) in [5.41, 5.74) is 0. The zero-order chi connectivity index (χ0) is 10.7. The Morgan fingerprint density at radius 2 is 1.60 bits per heavy atom. The van der Waals surface area contributed by atoms with Gasteiger partial charge in [0, 0.05) is 24.7 Å². The van der Waals surface area contributed by atoms with Crippen molar-refractivity contribution in [2.24, 2.45) is 0 Å². The number of rotatable bonds is 5. The minimum atomic E-state index is 0.322. The van der Waals surface area contributed by atoms with Crippen molar-refractivity contribution < 1.29 is 5.11 Å². The molecule has 0 aromatic rings. The zero-order valence-electron chi connectivity index (χ0n) is 9.78. The van der Waals surface area contributed by atoms with E-state index in [2.05, 4.69) is 17.3 Å². The standard InChI is InChI=1S/C12H24N2O/c1-13-10-2-4-11(5-3-10)14(8-9-15)12-6-7-12/h10-13,15H,2-9H2,1H3. The Hall–Kier alpha value is -0.120. The number of aliphatic hydroxyl groups is 1. The van der Waals surface area contributed by atoms with Gasteiger partial charge in [-0.25, -0.2) is 0 Å². The Morgan fingerprint density at radius 1 is 1.07 bits per heavy atom. The van der Waals surface area contributed by atoms with Gasteiger partial charge in [-0.05, 0) is 45.6 Å². The molecule has 0 unspecified atom stereocenters. The van der Waals surface area contributed by atoms with Gasteiger partial charge in [0.15, 0.2) is 0 Å². The molecule has 2 aliphatic rings. The first-order valence-corrected chi connectivity index (χ1v) is 6.39. The summed E-state index contributed by atoms with van der Waals surface area (Å²) in [4.78, 5) is 2.56. The lowest BCUT2D eigenvalue weighted by molar-refractivity contribution is 0.109. The molecule has 88 valence electrons. The number of nitrogens with zero attached hydrogens (tertiary/aromatic N) is 1. The SMILES string of the molecule is CNC1CCC(N(CCO)C2CC2)CC1. The molecular formula is C12H24N2O. The summed E-state index contributed by atoms with van der Waals surface area (Å²) >= 11 is 0. The molecule has 2 fully saturated rings. The van der Waals surface area contributed by atoms with Crippen molar-refractivity contribution in [3.63, 3.8) is 0 Å². The van der Waals surface area contributed by atoms with Crippen molar-refractivity contribution in [2.75, 3.05) is 20.2 Å². The lowest BCUT2D eigenvalue weighted by atomic mass is 9.90. The van der Waals surface area contributed by atoms with Gasteiger partial charge in [0.05, 0.1) is 6.61 Å². The van der Waals surface area contributed by atoms with Crippen LogP contribution in [0.4, 0.5) is 0 Å². The Kier molecular flexibility index (Phi) is 4.00. The molecule has 2 aliphatic carbocycles. The van der Waals surface area contributed by atoms with Crippen molar-refractivity contribution in [1.82, 2.24) is 10.2 Å². The molecule has 0 radical (unpaired) electrons. The Balaban J connectivity index is 1.81. The maximum absolute atomic E-state index is 9.09. The summed E-state index contributed by atoms with van der Waals surface area (Å²) in [5, 5.41) is 12.5. The minimum Gasteiger partial charge on any atom is -0.395 e. The van der Waals surface area contributed by atoms with E-state index in [1.54, 1.807) is 0 Å². The third-order valence-electron chi connectivity index (χ3n) is 3.95. The normalized spacial score (nSPS) is 32.2. The van der Waals surface area contributed by atoms with Crippen LogP contribution in [-0.2, 0) is 0 Å². The molecule has 2 saturated carbocycles. The summed E-state index contributed by atoms with van der Waals surface area (Å²) in [6, 6.07) is 2.28. The van der Waals surface area contributed by atoms with E-state index >= 15 is 0 Å². The summed E-state index contributed by atoms with van der Waals surface area (Å²) < 4.78 is 0.